The lowest BCUT2D eigenvalue weighted by atomic mass is 10.1. The average molecular weight is 367 g/mol. The maximum Gasteiger partial charge on any atom is 0.361 e. The third-order valence-corrected chi connectivity index (χ3v) is 4.05. The molecule has 7 heteroatoms. The lowest BCUT2D eigenvalue weighted by Crippen LogP contribution is -2.07. The number of para-hydroxylation sites is 1. The number of methoxy groups -OCH3 is 1. The number of benzene rings is 2. The van der Waals surface area contributed by atoms with Gasteiger partial charge < -0.3 is 14.2 Å². The van der Waals surface area contributed by atoms with E-state index in [1.165, 1.54) is 0 Å². The van der Waals surface area contributed by atoms with Gasteiger partial charge in [-0.3, -0.25) is 0 Å². The first-order chi connectivity index (χ1) is 13.1. The van der Waals surface area contributed by atoms with Crippen LogP contribution in [0.15, 0.2) is 42.5 Å². The van der Waals surface area contributed by atoms with E-state index in [2.05, 4.69) is 15.4 Å². The molecule has 0 saturated heterocycles. The minimum absolute atomic E-state index is 0.146. The fourth-order valence-corrected chi connectivity index (χ4v) is 2.69. The summed E-state index contributed by atoms with van der Waals surface area (Å²) < 4.78 is 16.4. The van der Waals surface area contributed by atoms with Crippen LogP contribution in [-0.4, -0.2) is 35.1 Å². The molecule has 0 saturated carbocycles. The van der Waals surface area contributed by atoms with Crippen LogP contribution in [0.3, 0.4) is 0 Å². The number of carbonyl (C=O) groups is 1. The first-order valence-corrected chi connectivity index (χ1v) is 8.57. The lowest BCUT2D eigenvalue weighted by molar-refractivity contribution is 0.0520. The Bertz CT molecular complexity index is 936. The van der Waals surface area contributed by atoms with E-state index in [-0.39, 0.29) is 12.3 Å². The van der Waals surface area contributed by atoms with Crippen molar-refractivity contribution in [1.82, 2.24) is 15.4 Å². The monoisotopic (exact) mass is 367 g/mol. The number of rotatable bonds is 7. The minimum Gasteiger partial charge on any atom is -0.496 e. The van der Waals surface area contributed by atoms with Crippen molar-refractivity contribution in [3.05, 3.63) is 59.3 Å². The zero-order valence-corrected chi connectivity index (χ0v) is 15.5. The van der Waals surface area contributed by atoms with E-state index in [4.69, 9.17) is 14.2 Å². The predicted octanol–water partition coefficient (Wildman–Crippen LogP) is 3.54. The summed E-state index contributed by atoms with van der Waals surface area (Å²) in [4.78, 5) is 12.1. The second kappa shape index (κ2) is 8.35. The van der Waals surface area contributed by atoms with Crippen LogP contribution in [-0.2, 0) is 11.3 Å². The quantitative estimate of drug-likeness (QED) is 0.643. The van der Waals surface area contributed by atoms with Crippen LogP contribution < -0.4 is 9.47 Å². The SMILES string of the molecule is CCOC(=O)c1n[nH]nc1-c1ccc(OC)c(COc2ccccc2C)c1. The highest BCUT2D eigenvalue weighted by Crippen LogP contribution is 2.28. The Hall–Kier alpha value is -3.35. The second-order valence-corrected chi connectivity index (χ2v) is 5.82. The van der Waals surface area contributed by atoms with Gasteiger partial charge in [-0.15, -0.1) is 5.10 Å². The smallest absolute Gasteiger partial charge is 0.361 e. The molecular formula is C20H21N3O4. The van der Waals surface area contributed by atoms with Crippen molar-refractivity contribution in [1.29, 1.82) is 0 Å². The number of H-pyrrole nitrogens is 1. The van der Waals surface area contributed by atoms with Gasteiger partial charge in [-0.2, -0.15) is 10.3 Å². The summed E-state index contributed by atoms with van der Waals surface area (Å²) in [5.41, 5.74) is 3.17. The van der Waals surface area contributed by atoms with Gasteiger partial charge in [0.2, 0.25) is 0 Å². The van der Waals surface area contributed by atoms with Crippen LogP contribution in [0.5, 0.6) is 11.5 Å². The van der Waals surface area contributed by atoms with Crippen molar-refractivity contribution in [2.75, 3.05) is 13.7 Å². The summed E-state index contributed by atoms with van der Waals surface area (Å²) in [7, 11) is 1.60. The van der Waals surface area contributed by atoms with Crippen molar-refractivity contribution >= 4 is 5.97 Å². The number of carbonyl (C=O) groups excluding carboxylic acids is 1. The standard InChI is InChI=1S/C20H21N3O4/c1-4-26-20(24)19-18(21-23-22-19)14-9-10-17(25-3)15(11-14)12-27-16-8-6-5-7-13(16)2/h5-11H,4,12H2,1-3H3,(H,21,22,23). The third-order valence-electron chi connectivity index (χ3n) is 4.05. The number of aryl methyl sites for hydroxylation is 1. The number of aromatic amines is 1. The number of hydrogen-bond donors (Lipinski definition) is 1. The van der Waals surface area contributed by atoms with Gasteiger partial charge in [-0.25, -0.2) is 4.79 Å². The van der Waals surface area contributed by atoms with E-state index in [1.54, 1.807) is 14.0 Å². The van der Waals surface area contributed by atoms with Gasteiger partial charge in [0.05, 0.1) is 13.7 Å². The molecule has 1 aromatic heterocycles. The normalized spacial score (nSPS) is 10.5. The number of nitrogens with one attached hydrogen (secondary N) is 1. The van der Waals surface area contributed by atoms with E-state index in [0.29, 0.717) is 18.1 Å². The maximum absolute atomic E-state index is 12.1. The number of esters is 1. The van der Waals surface area contributed by atoms with E-state index in [1.807, 2.05) is 49.4 Å². The summed E-state index contributed by atoms with van der Waals surface area (Å²) in [6.07, 6.45) is 0. The molecule has 1 heterocycles. The van der Waals surface area contributed by atoms with E-state index >= 15 is 0 Å². The number of nitrogens with zero attached hydrogens (tertiary/aromatic N) is 2. The molecule has 0 aliphatic rings. The van der Waals surface area contributed by atoms with Gasteiger partial charge in [-0.05, 0) is 43.7 Å². The molecule has 3 rings (SSSR count). The molecule has 1 N–H and O–H groups in total. The Morgan fingerprint density at radius 1 is 1.11 bits per heavy atom. The minimum atomic E-state index is -0.519. The molecule has 3 aromatic rings. The largest absolute Gasteiger partial charge is 0.496 e. The van der Waals surface area contributed by atoms with Crippen molar-refractivity contribution in [2.24, 2.45) is 0 Å². The molecule has 0 unspecified atom stereocenters. The van der Waals surface area contributed by atoms with Crippen LogP contribution in [0.2, 0.25) is 0 Å². The number of hydrogen-bond acceptors (Lipinski definition) is 6. The molecule has 0 amide bonds. The Morgan fingerprint density at radius 2 is 1.93 bits per heavy atom. The van der Waals surface area contributed by atoms with Crippen molar-refractivity contribution in [2.45, 2.75) is 20.5 Å². The van der Waals surface area contributed by atoms with Gasteiger partial charge >= 0.3 is 5.97 Å². The Morgan fingerprint density at radius 3 is 2.67 bits per heavy atom. The van der Waals surface area contributed by atoms with Gasteiger partial charge in [0, 0.05) is 11.1 Å². The van der Waals surface area contributed by atoms with Gasteiger partial charge in [-0.1, -0.05) is 18.2 Å². The zero-order chi connectivity index (χ0) is 19.2. The molecule has 0 bridgehead atoms. The predicted molar refractivity (Wildman–Crippen MR) is 99.8 cm³/mol. The Labute approximate surface area is 157 Å². The molecular weight excluding hydrogens is 346 g/mol. The lowest BCUT2D eigenvalue weighted by Gasteiger charge is -2.13. The van der Waals surface area contributed by atoms with Gasteiger partial charge in [0.1, 0.15) is 23.8 Å². The molecule has 0 aliphatic heterocycles. The van der Waals surface area contributed by atoms with Crippen LogP contribution in [0, 0.1) is 6.92 Å². The van der Waals surface area contributed by atoms with E-state index in [9.17, 15) is 4.79 Å². The number of ether oxygens (including phenoxy) is 3. The van der Waals surface area contributed by atoms with Crippen molar-refractivity contribution < 1.29 is 19.0 Å². The highest BCUT2D eigenvalue weighted by Gasteiger charge is 2.20. The molecule has 0 atom stereocenters. The molecule has 0 fully saturated rings. The third kappa shape index (κ3) is 4.08. The molecule has 7 nitrogen and oxygen atoms in total. The fraction of sp³-hybridized carbons (Fsp3) is 0.250. The summed E-state index contributed by atoms with van der Waals surface area (Å²) in [6, 6.07) is 13.3. The Balaban J connectivity index is 1.89. The zero-order valence-electron chi connectivity index (χ0n) is 15.5. The molecule has 0 aliphatic carbocycles. The maximum atomic E-state index is 12.1. The van der Waals surface area contributed by atoms with E-state index < -0.39 is 5.97 Å². The molecule has 27 heavy (non-hydrogen) atoms. The van der Waals surface area contributed by atoms with E-state index in [0.717, 1.165) is 22.4 Å². The first-order valence-electron chi connectivity index (χ1n) is 8.57. The second-order valence-electron chi connectivity index (χ2n) is 5.82. The average Bonchev–Trinajstić information content (AvgIpc) is 3.17. The number of aromatic nitrogens is 3. The fourth-order valence-electron chi connectivity index (χ4n) is 2.69. The van der Waals surface area contributed by atoms with Crippen molar-refractivity contribution in [3.8, 4) is 22.8 Å². The van der Waals surface area contributed by atoms with Gasteiger partial charge in [0.25, 0.3) is 0 Å². The molecule has 0 radical (unpaired) electrons. The summed E-state index contributed by atoms with van der Waals surface area (Å²) in [6.45, 7) is 4.31. The van der Waals surface area contributed by atoms with Gasteiger partial charge in [0.15, 0.2) is 5.69 Å². The molecule has 0 spiro atoms. The van der Waals surface area contributed by atoms with Crippen molar-refractivity contribution in [3.63, 3.8) is 0 Å². The van der Waals surface area contributed by atoms with Crippen LogP contribution >= 0.6 is 0 Å². The molecule has 140 valence electrons. The Kier molecular flexibility index (Phi) is 5.71. The summed E-state index contributed by atoms with van der Waals surface area (Å²) in [5.74, 6) is 0.974. The van der Waals surface area contributed by atoms with Crippen LogP contribution in [0.1, 0.15) is 28.5 Å². The highest BCUT2D eigenvalue weighted by molar-refractivity contribution is 5.94. The summed E-state index contributed by atoms with van der Waals surface area (Å²) >= 11 is 0. The topological polar surface area (TPSA) is 86.3 Å². The molecule has 2 aromatic carbocycles. The van der Waals surface area contributed by atoms with Crippen LogP contribution in [0.25, 0.3) is 11.3 Å². The highest BCUT2D eigenvalue weighted by atomic mass is 16.5. The van der Waals surface area contributed by atoms with Crippen LogP contribution in [0.4, 0.5) is 0 Å². The summed E-state index contributed by atoms with van der Waals surface area (Å²) in [5, 5.41) is 10.5. The first kappa shape index (κ1) is 18.4.